The number of fused-ring (bicyclic) bond motifs is 1. The molecule has 0 bridgehead atoms. The summed E-state index contributed by atoms with van der Waals surface area (Å²) in [6.45, 7) is 3.15. The normalized spacial score (nSPS) is 15.4. The first-order valence-corrected chi connectivity index (χ1v) is 12.6. The fourth-order valence-electron chi connectivity index (χ4n) is 5.01. The number of hydrogen-bond acceptors (Lipinski definition) is 1. The minimum atomic E-state index is -0.0495. The van der Waals surface area contributed by atoms with E-state index in [-0.39, 0.29) is 11.9 Å². The lowest BCUT2D eigenvalue weighted by Gasteiger charge is -2.27. The molecule has 4 aromatic rings. The van der Waals surface area contributed by atoms with Gasteiger partial charge in [0.2, 0.25) is 0 Å². The lowest BCUT2D eigenvalue weighted by molar-refractivity contribution is 0.0731. The van der Waals surface area contributed by atoms with E-state index >= 15 is 0 Å². The Bertz CT molecular complexity index is 1430. The van der Waals surface area contributed by atoms with Gasteiger partial charge in [0.1, 0.15) is 0 Å². The highest BCUT2D eigenvalue weighted by molar-refractivity contribution is 9.10. The van der Waals surface area contributed by atoms with Crippen molar-refractivity contribution in [2.75, 3.05) is 6.54 Å². The molecular formula is C29H24BrClN2O. The second-order valence-corrected chi connectivity index (χ2v) is 9.82. The molecule has 1 unspecified atom stereocenters. The van der Waals surface area contributed by atoms with Gasteiger partial charge in [0.15, 0.2) is 0 Å². The zero-order valence-corrected chi connectivity index (χ0v) is 21.2. The molecule has 0 aliphatic carbocycles. The number of nitrogens with zero attached hydrogens (tertiary/aromatic N) is 2. The predicted molar refractivity (Wildman–Crippen MR) is 143 cm³/mol. The van der Waals surface area contributed by atoms with Crippen LogP contribution in [-0.4, -0.2) is 21.9 Å². The van der Waals surface area contributed by atoms with Crippen LogP contribution >= 0.6 is 27.5 Å². The average molecular weight is 532 g/mol. The summed E-state index contributed by atoms with van der Waals surface area (Å²) in [5.74, 6) is 6.35. The van der Waals surface area contributed by atoms with Crippen molar-refractivity contribution in [2.45, 2.75) is 32.4 Å². The van der Waals surface area contributed by atoms with Crippen LogP contribution in [0.5, 0.6) is 0 Å². The monoisotopic (exact) mass is 530 g/mol. The summed E-state index contributed by atoms with van der Waals surface area (Å²) in [5, 5.41) is 1.79. The minimum absolute atomic E-state index is 0.0495. The fourth-order valence-corrected chi connectivity index (χ4v) is 5.58. The molecule has 1 aliphatic heterocycles. The third-order valence-corrected chi connectivity index (χ3v) is 7.17. The summed E-state index contributed by atoms with van der Waals surface area (Å²) < 4.78 is 3.18. The predicted octanol–water partition coefficient (Wildman–Crippen LogP) is 7.72. The van der Waals surface area contributed by atoms with Gasteiger partial charge >= 0.3 is 0 Å². The van der Waals surface area contributed by atoms with Crippen LogP contribution < -0.4 is 0 Å². The van der Waals surface area contributed by atoms with Crippen LogP contribution in [0.3, 0.4) is 0 Å². The number of aromatic nitrogens is 1. The van der Waals surface area contributed by atoms with Crippen LogP contribution in [0.4, 0.5) is 0 Å². The van der Waals surface area contributed by atoms with Crippen molar-refractivity contribution in [3.8, 4) is 23.0 Å². The second kappa shape index (κ2) is 9.70. The molecule has 34 heavy (non-hydrogen) atoms. The maximum atomic E-state index is 13.7. The first-order valence-electron chi connectivity index (χ1n) is 11.4. The van der Waals surface area contributed by atoms with Crippen LogP contribution in [0, 0.1) is 11.8 Å². The van der Waals surface area contributed by atoms with Crippen LogP contribution in [0.2, 0.25) is 5.02 Å². The summed E-state index contributed by atoms with van der Waals surface area (Å²) >= 11 is 9.98. The lowest BCUT2D eigenvalue weighted by atomic mass is 9.97. The molecule has 3 aromatic carbocycles. The molecule has 0 spiro atoms. The molecule has 1 aromatic heterocycles. The van der Waals surface area contributed by atoms with Gasteiger partial charge in [-0.25, -0.2) is 0 Å². The highest BCUT2D eigenvalue weighted by atomic mass is 79.9. The number of benzene rings is 3. The topological polar surface area (TPSA) is 25.2 Å². The molecule has 1 fully saturated rings. The third-order valence-electron chi connectivity index (χ3n) is 6.44. The summed E-state index contributed by atoms with van der Waals surface area (Å²) in [7, 11) is 0. The molecule has 3 nitrogen and oxygen atoms in total. The number of carbonyl (C=O) groups excluding carboxylic acids is 1. The van der Waals surface area contributed by atoms with Crippen molar-refractivity contribution in [3.05, 3.63) is 93.5 Å². The van der Waals surface area contributed by atoms with E-state index in [4.69, 9.17) is 11.6 Å². The van der Waals surface area contributed by atoms with E-state index < -0.39 is 0 Å². The number of amides is 1. The van der Waals surface area contributed by atoms with E-state index in [1.165, 1.54) is 0 Å². The first-order chi connectivity index (χ1) is 16.6. The average Bonchev–Trinajstić information content (AvgIpc) is 3.45. The van der Waals surface area contributed by atoms with Gasteiger partial charge < -0.3 is 9.47 Å². The van der Waals surface area contributed by atoms with E-state index in [1.807, 2.05) is 54.3 Å². The van der Waals surface area contributed by atoms with Gasteiger partial charge in [-0.1, -0.05) is 69.8 Å². The van der Waals surface area contributed by atoms with E-state index in [9.17, 15) is 4.79 Å². The summed E-state index contributed by atoms with van der Waals surface area (Å²) in [4.78, 5) is 15.7. The van der Waals surface area contributed by atoms with Crippen molar-refractivity contribution >= 4 is 44.3 Å². The summed E-state index contributed by atoms with van der Waals surface area (Å²) in [6.07, 6.45) is 1.86. The summed E-state index contributed by atoms with van der Waals surface area (Å²) in [5.41, 5.74) is 5.17. The number of hydrogen-bond donors (Lipinski definition) is 0. The Labute approximate surface area is 213 Å². The standard InChI is InChI=1S/C29H24BrClN2O/c1-2-3-16-32-25-15-14-23(31)19-24(25)27(20-9-5-4-6-10-20)28(32)26-13-8-17-33(26)29(34)21-11-7-12-22(30)18-21/h4-7,9-12,14-15,18-19,26H,8,13,16-17H2,1H3. The quantitative estimate of drug-likeness (QED) is 0.247. The molecule has 1 saturated heterocycles. The molecular weight excluding hydrogens is 508 g/mol. The van der Waals surface area contributed by atoms with Crippen molar-refractivity contribution in [3.63, 3.8) is 0 Å². The van der Waals surface area contributed by atoms with Crippen LogP contribution in [0.25, 0.3) is 22.0 Å². The van der Waals surface area contributed by atoms with Gasteiger partial charge in [-0.05, 0) is 61.7 Å². The summed E-state index contributed by atoms with van der Waals surface area (Å²) in [6, 6.07) is 24.0. The smallest absolute Gasteiger partial charge is 0.254 e. The van der Waals surface area contributed by atoms with Crippen LogP contribution in [0.15, 0.2) is 77.3 Å². The highest BCUT2D eigenvalue weighted by Crippen LogP contribution is 2.44. The van der Waals surface area contributed by atoms with Crippen LogP contribution in [-0.2, 0) is 6.54 Å². The Kier molecular flexibility index (Phi) is 6.50. The van der Waals surface area contributed by atoms with Crippen LogP contribution in [0.1, 0.15) is 41.9 Å². The molecule has 0 saturated carbocycles. The van der Waals surface area contributed by atoms with E-state index in [1.54, 1.807) is 0 Å². The molecule has 0 radical (unpaired) electrons. The Balaban J connectivity index is 1.74. The number of rotatable bonds is 4. The van der Waals surface area contributed by atoms with Crippen molar-refractivity contribution in [1.82, 2.24) is 9.47 Å². The molecule has 2 heterocycles. The molecule has 0 N–H and O–H groups in total. The molecule has 170 valence electrons. The minimum Gasteiger partial charge on any atom is -0.330 e. The Morgan fingerprint density at radius 1 is 1.09 bits per heavy atom. The zero-order valence-electron chi connectivity index (χ0n) is 18.9. The van der Waals surface area contributed by atoms with Crippen molar-refractivity contribution in [2.24, 2.45) is 0 Å². The largest absolute Gasteiger partial charge is 0.330 e. The van der Waals surface area contributed by atoms with E-state index in [0.29, 0.717) is 17.1 Å². The zero-order chi connectivity index (χ0) is 23.7. The van der Waals surface area contributed by atoms with Gasteiger partial charge in [-0.2, -0.15) is 0 Å². The molecule has 5 heteroatoms. The SMILES string of the molecule is CC#CCn1c(C2CCCN2C(=O)c2cccc(Br)c2)c(-c2ccccc2)c2cc(Cl)ccc21. The third kappa shape index (κ3) is 4.15. The lowest BCUT2D eigenvalue weighted by Crippen LogP contribution is -2.32. The van der Waals surface area contributed by atoms with E-state index in [2.05, 4.69) is 62.7 Å². The van der Waals surface area contributed by atoms with Crippen molar-refractivity contribution < 1.29 is 4.79 Å². The molecule has 1 amide bonds. The molecule has 1 aliphatic rings. The van der Waals surface area contributed by atoms with Gasteiger partial charge in [0.05, 0.1) is 18.3 Å². The van der Waals surface area contributed by atoms with Gasteiger partial charge in [-0.15, -0.1) is 5.92 Å². The number of carbonyl (C=O) groups is 1. The van der Waals surface area contributed by atoms with E-state index in [0.717, 1.165) is 51.6 Å². The fraction of sp³-hybridized carbons (Fsp3) is 0.207. The van der Waals surface area contributed by atoms with Crippen molar-refractivity contribution in [1.29, 1.82) is 0 Å². The van der Waals surface area contributed by atoms with Gasteiger partial charge in [0, 0.05) is 38.1 Å². The molecule has 1 atom stereocenters. The maximum Gasteiger partial charge on any atom is 0.254 e. The Morgan fingerprint density at radius 3 is 2.68 bits per heavy atom. The Hall–Kier alpha value is -3.00. The van der Waals surface area contributed by atoms with Gasteiger partial charge in [0.25, 0.3) is 5.91 Å². The first kappa shape index (κ1) is 22.8. The number of halogens is 2. The second-order valence-electron chi connectivity index (χ2n) is 8.47. The number of likely N-dealkylation sites (tertiary alicyclic amines) is 1. The molecule has 5 rings (SSSR count). The Morgan fingerprint density at radius 2 is 1.91 bits per heavy atom. The van der Waals surface area contributed by atoms with Gasteiger partial charge in [-0.3, -0.25) is 4.79 Å². The maximum absolute atomic E-state index is 13.7. The highest BCUT2D eigenvalue weighted by Gasteiger charge is 2.35.